The van der Waals surface area contributed by atoms with Gasteiger partial charge in [-0.25, -0.2) is 0 Å². The quantitative estimate of drug-likeness (QED) is 0.829. The van der Waals surface area contributed by atoms with Gasteiger partial charge < -0.3 is 10.2 Å². The van der Waals surface area contributed by atoms with Gasteiger partial charge in [0.1, 0.15) is 6.61 Å². The van der Waals surface area contributed by atoms with Gasteiger partial charge in [-0.1, -0.05) is 19.8 Å². The van der Waals surface area contributed by atoms with Crippen LogP contribution < -0.4 is 0 Å². The minimum absolute atomic E-state index is 0.0254. The normalized spacial score (nSPS) is 50.7. The maximum Gasteiger partial charge on any atom is 0.161 e. The molecular formula is C21H34O3. The number of hydrogen-bond acceptors (Lipinski definition) is 3. The Morgan fingerprint density at radius 2 is 1.79 bits per heavy atom. The zero-order chi connectivity index (χ0) is 16.9. The van der Waals surface area contributed by atoms with E-state index in [0.29, 0.717) is 17.3 Å². The van der Waals surface area contributed by atoms with Crippen molar-refractivity contribution in [3.05, 3.63) is 0 Å². The first-order valence-corrected chi connectivity index (χ1v) is 10.3. The molecule has 0 bridgehead atoms. The van der Waals surface area contributed by atoms with Crippen LogP contribution in [0.15, 0.2) is 0 Å². The third-order valence-electron chi connectivity index (χ3n) is 9.14. The van der Waals surface area contributed by atoms with Crippen molar-refractivity contribution in [3.63, 3.8) is 0 Å². The van der Waals surface area contributed by atoms with Crippen LogP contribution in [0, 0.1) is 40.4 Å². The van der Waals surface area contributed by atoms with Crippen LogP contribution in [-0.2, 0) is 4.79 Å². The minimum Gasteiger partial charge on any atom is -0.396 e. The summed E-state index contributed by atoms with van der Waals surface area (Å²) < 4.78 is 0. The highest BCUT2D eigenvalue weighted by molar-refractivity contribution is 5.83. The van der Waals surface area contributed by atoms with Gasteiger partial charge in [-0.15, -0.1) is 0 Å². The molecule has 4 rings (SSSR count). The Hall–Kier alpha value is -0.410. The number of carbonyl (C=O) groups is 1. The van der Waals surface area contributed by atoms with E-state index in [9.17, 15) is 15.0 Å². The molecule has 0 heterocycles. The third kappa shape index (κ3) is 2.19. The van der Waals surface area contributed by atoms with Crippen molar-refractivity contribution in [3.8, 4) is 0 Å². The fourth-order valence-corrected chi connectivity index (χ4v) is 8.00. The molecule has 3 nitrogen and oxygen atoms in total. The molecule has 0 radical (unpaired) electrons. The van der Waals surface area contributed by atoms with Gasteiger partial charge in [0.05, 0.1) is 0 Å². The molecule has 4 fully saturated rings. The zero-order valence-corrected chi connectivity index (χ0v) is 15.2. The first-order chi connectivity index (χ1) is 11.6. The average molecular weight is 335 g/mol. The summed E-state index contributed by atoms with van der Waals surface area (Å²) in [7, 11) is 0. The lowest BCUT2D eigenvalue weighted by Gasteiger charge is -2.60. The van der Waals surface area contributed by atoms with Gasteiger partial charge in [0.25, 0.3) is 0 Å². The lowest BCUT2D eigenvalue weighted by atomic mass is 9.44. The standard InChI is InChI=1S/C21H34O3/c1-20-10-3-2-4-14(20)5-6-15-16(20)9-11-21(13-23)17(15)7-8-18(21)19(24)12-22/h14-18,22-23H,2-13H2,1H3/t14?,15-,16+,17+,18-,20+,21-/m1/s1. The zero-order valence-electron chi connectivity index (χ0n) is 15.2. The Balaban J connectivity index is 1.64. The van der Waals surface area contributed by atoms with Gasteiger partial charge in [-0.05, 0) is 80.5 Å². The van der Waals surface area contributed by atoms with E-state index >= 15 is 0 Å². The maximum absolute atomic E-state index is 12.3. The summed E-state index contributed by atoms with van der Waals surface area (Å²) in [6.45, 7) is 2.34. The molecular weight excluding hydrogens is 300 g/mol. The van der Waals surface area contributed by atoms with Gasteiger partial charge >= 0.3 is 0 Å². The molecule has 2 N–H and O–H groups in total. The second kappa shape index (κ2) is 6.09. The van der Waals surface area contributed by atoms with Crippen LogP contribution in [0.1, 0.15) is 71.1 Å². The van der Waals surface area contributed by atoms with E-state index in [4.69, 9.17) is 0 Å². The first-order valence-electron chi connectivity index (χ1n) is 10.3. The molecule has 24 heavy (non-hydrogen) atoms. The topological polar surface area (TPSA) is 57.5 Å². The molecule has 7 atom stereocenters. The van der Waals surface area contributed by atoms with E-state index in [1.165, 1.54) is 44.9 Å². The highest BCUT2D eigenvalue weighted by Crippen LogP contribution is 2.67. The molecule has 0 spiro atoms. The summed E-state index contributed by atoms with van der Waals surface area (Å²) in [4.78, 5) is 12.3. The highest BCUT2D eigenvalue weighted by atomic mass is 16.3. The molecule has 3 heteroatoms. The van der Waals surface area contributed by atoms with Crippen molar-refractivity contribution in [1.82, 2.24) is 0 Å². The molecule has 0 amide bonds. The summed E-state index contributed by atoms with van der Waals surface area (Å²) in [5.41, 5.74) is 0.278. The van der Waals surface area contributed by atoms with Crippen molar-refractivity contribution in [2.24, 2.45) is 40.4 Å². The molecule has 0 saturated heterocycles. The fourth-order valence-electron chi connectivity index (χ4n) is 8.00. The second-order valence-electron chi connectivity index (χ2n) is 9.59. The highest BCUT2D eigenvalue weighted by Gasteiger charge is 2.62. The van der Waals surface area contributed by atoms with Crippen molar-refractivity contribution in [2.45, 2.75) is 71.1 Å². The number of Topliss-reactive ketones (excluding diaryl/α,β-unsaturated/α-hetero) is 1. The number of aliphatic hydroxyl groups is 2. The summed E-state index contributed by atoms with van der Waals surface area (Å²) in [6, 6.07) is 0. The lowest BCUT2D eigenvalue weighted by molar-refractivity contribution is -0.146. The number of hydrogen-bond donors (Lipinski definition) is 2. The summed E-state index contributed by atoms with van der Waals surface area (Å²) in [5, 5.41) is 19.7. The van der Waals surface area contributed by atoms with Gasteiger partial charge in [-0.3, -0.25) is 4.79 Å². The van der Waals surface area contributed by atoms with E-state index in [1.807, 2.05) is 0 Å². The van der Waals surface area contributed by atoms with Crippen LogP contribution in [0.4, 0.5) is 0 Å². The Morgan fingerprint density at radius 3 is 2.54 bits per heavy atom. The van der Waals surface area contributed by atoms with Crippen LogP contribution in [-0.4, -0.2) is 29.2 Å². The molecule has 4 aliphatic carbocycles. The largest absolute Gasteiger partial charge is 0.396 e. The predicted octanol–water partition coefficient (Wildman–Crippen LogP) is 3.57. The van der Waals surface area contributed by atoms with Gasteiger partial charge in [-0.2, -0.15) is 0 Å². The van der Waals surface area contributed by atoms with E-state index < -0.39 is 0 Å². The number of carbonyl (C=O) groups excluding carboxylic acids is 1. The average Bonchev–Trinajstić information content (AvgIpc) is 3.00. The van der Waals surface area contributed by atoms with Gasteiger partial charge in [0.15, 0.2) is 5.78 Å². The van der Waals surface area contributed by atoms with Crippen LogP contribution in [0.25, 0.3) is 0 Å². The summed E-state index contributed by atoms with van der Waals surface area (Å²) in [6.07, 6.45) is 12.4. The first kappa shape index (κ1) is 17.0. The Morgan fingerprint density at radius 1 is 0.958 bits per heavy atom. The Labute approximate surface area is 146 Å². The Kier molecular flexibility index (Phi) is 4.32. The van der Waals surface area contributed by atoms with Crippen LogP contribution >= 0.6 is 0 Å². The van der Waals surface area contributed by atoms with E-state index in [1.54, 1.807) is 0 Å². The SMILES string of the molecule is C[C@]12CCCCC1CC[C@H]1[C@@H]3CC[C@H](C(=O)CO)[C@@]3(CO)CC[C@@H]12. The van der Waals surface area contributed by atoms with E-state index in [-0.39, 0.29) is 30.3 Å². The molecule has 136 valence electrons. The molecule has 0 aromatic rings. The molecule has 0 aromatic carbocycles. The van der Waals surface area contributed by atoms with E-state index in [0.717, 1.165) is 31.1 Å². The lowest BCUT2D eigenvalue weighted by Crippen LogP contribution is -2.55. The Bertz CT molecular complexity index is 503. The molecule has 4 aliphatic rings. The molecule has 4 saturated carbocycles. The number of aliphatic hydroxyl groups excluding tert-OH is 2. The summed E-state index contributed by atoms with van der Waals surface area (Å²) in [5.74, 6) is 2.77. The maximum atomic E-state index is 12.3. The third-order valence-corrected chi connectivity index (χ3v) is 9.14. The smallest absolute Gasteiger partial charge is 0.161 e. The number of rotatable bonds is 3. The van der Waals surface area contributed by atoms with Crippen molar-refractivity contribution >= 4 is 5.78 Å². The molecule has 0 aliphatic heterocycles. The molecule has 0 aromatic heterocycles. The van der Waals surface area contributed by atoms with Crippen LogP contribution in [0.3, 0.4) is 0 Å². The van der Waals surface area contributed by atoms with Crippen LogP contribution in [0.5, 0.6) is 0 Å². The second-order valence-corrected chi connectivity index (χ2v) is 9.59. The van der Waals surface area contributed by atoms with Gasteiger partial charge in [0, 0.05) is 17.9 Å². The van der Waals surface area contributed by atoms with Crippen molar-refractivity contribution in [2.75, 3.05) is 13.2 Å². The minimum atomic E-state index is -0.354. The van der Waals surface area contributed by atoms with E-state index in [2.05, 4.69) is 6.92 Å². The molecule has 1 unspecified atom stereocenters. The monoisotopic (exact) mass is 334 g/mol. The summed E-state index contributed by atoms with van der Waals surface area (Å²) >= 11 is 0. The van der Waals surface area contributed by atoms with Crippen LogP contribution in [0.2, 0.25) is 0 Å². The number of fused-ring (bicyclic) bond motifs is 5. The van der Waals surface area contributed by atoms with Crippen molar-refractivity contribution in [1.29, 1.82) is 0 Å². The van der Waals surface area contributed by atoms with Gasteiger partial charge in [0.2, 0.25) is 0 Å². The van der Waals surface area contributed by atoms with Crippen molar-refractivity contribution < 1.29 is 15.0 Å². The predicted molar refractivity (Wildman–Crippen MR) is 93.3 cm³/mol. The fraction of sp³-hybridized carbons (Fsp3) is 0.952. The number of ketones is 1.